The lowest BCUT2D eigenvalue weighted by Crippen LogP contribution is -2.14. The molecule has 0 amide bonds. The Kier molecular flexibility index (Phi) is 4.63. The van der Waals surface area contributed by atoms with Crippen LogP contribution in [0.25, 0.3) is 0 Å². The molecule has 0 atom stereocenters. The summed E-state index contributed by atoms with van der Waals surface area (Å²) in [7, 11) is 1.97. The smallest absolute Gasteiger partial charge is 0.136 e. The highest BCUT2D eigenvalue weighted by atomic mass is 32.1. The topological polar surface area (TPSA) is 55.0 Å². The minimum absolute atomic E-state index is 0.398. The van der Waals surface area contributed by atoms with Crippen molar-refractivity contribution in [2.75, 3.05) is 11.9 Å². The van der Waals surface area contributed by atoms with Gasteiger partial charge in [0, 0.05) is 30.1 Å². The highest BCUT2D eigenvalue weighted by Gasteiger charge is 2.08. The molecular formula is C15H18N4S. The van der Waals surface area contributed by atoms with Gasteiger partial charge in [-0.15, -0.1) is 0 Å². The van der Waals surface area contributed by atoms with Crippen LogP contribution in [0.3, 0.4) is 0 Å². The van der Waals surface area contributed by atoms with Crippen LogP contribution in [0.5, 0.6) is 0 Å². The number of rotatable bonds is 5. The molecule has 1 aromatic carbocycles. The maximum atomic E-state index is 5.67. The van der Waals surface area contributed by atoms with Crippen molar-refractivity contribution in [3.63, 3.8) is 0 Å². The highest BCUT2D eigenvalue weighted by Crippen LogP contribution is 2.22. The Labute approximate surface area is 124 Å². The van der Waals surface area contributed by atoms with Gasteiger partial charge in [-0.3, -0.25) is 0 Å². The van der Waals surface area contributed by atoms with E-state index in [1.807, 2.05) is 42.3 Å². The van der Waals surface area contributed by atoms with Gasteiger partial charge in [-0.05, 0) is 18.6 Å². The van der Waals surface area contributed by atoms with Crippen molar-refractivity contribution in [1.29, 1.82) is 0 Å². The van der Waals surface area contributed by atoms with E-state index in [4.69, 9.17) is 18.0 Å². The van der Waals surface area contributed by atoms with Crippen molar-refractivity contribution in [1.82, 2.24) is 9.97 Å². The molecule has 0 aliphatic rings. The first-order valence-electron chi connectivity index (χ1n) is 6.56. The van der Waals surface area contributed by atoms with Gasteiger partial charge >= 0.3 is 0 Å². The lowest BCUT2D eigenvalue weighted by molar-refractivity contribution is 0.869. The summed E-state index contributed by atoms with van der Waals surface area (Å²) in [6.45, 7) is 2.14. The zero-order valence-corrected chi connectivity index (χ0v) is 12.5. The average molecular weight is 286 g/mol. The molecule has 0 unspecified atom stereocenters. The Bertz CT molecular complexity index is 612. The first-order valence-corrected chi connectivity index (χ1v) is 6.97. The lowest BCUT2D eigenvalue weighted by atomic mass is 10.2. The summed E-state index contributed by atoms with van der Waals surface area (Å²) in [6.07, 6.45) is 3.63. The number of benzene rings is 1. The molecule has 104 valence electrons. The molecule has 20 heavy (non-hydrogen) atoms. The third-order valence-electron chi connectivity index (χ3n) is 3.08. The Morgan fingerprint density at radius 3 is 2.80 bits per heavy atom. The van der Waals surface area contributed by atoms with Crippen molar-refractivity contribution in [2.24, 2.45) is 5.73 Å². The first kappa shape index (κ1) is 14.4. The molecule has 0 saturated heterocycles. The molecule has 0 aliphatic carbocycles. The van der Waals surface area contributed by atoms with Crippen LogP contribution in [0.15, 0.2) is 36.7 Å². The molecule has 1 heterocycles. The number of nitrogens with two attached hydrogens (primary N) is 1. The van der Waals surface area contributed by atoms with E-state index in [-0.39, 0.29) is 0 Å². The molecule has 2 N–H and O–H groups in total. The minimum atomic E-state index is 0.398. The molecule has 0 aliphatic heterocycles. The van der Waals surface area contributed by atoms with Gasteiger partial charge in [0.05, 0.1) is 0 Å². The van der Waals surface area contributed by atoms with Gasteiger partial charge in [-0.1, -0.05) is 37.7 Å². The van der Waals surface area contributed by atoms with E-state index in [1.54, 1.807) is 6.33 Å². The number of aryl methyl sites for hydroxylation is 1. The van der Waals surface area contributed by atoms with Crippen molar-refractivity contribution >= 4 is 28.7 Å². The van der Waals surface area contributed by atoms with Crippen molar-refractivity contribution < 1.29 is 0 Å². The third kappa shape index (κ3) is 3.30. The van der Waals surface area contributed by atoms with Gasteiger partial charge in [0.15, 0.2) is 0 Å². The van der Waals surface area contributed by atoms with Gasteiger partial charge in [0.1, 0.15) is 17.1 Å². The van der Waals surface area contributed by atoms with Gasteiger partial charge in [-0.2, -0.15) is 0 Å². The van der Waals surface area contributed by atoms with Crippen LogP contribution < -0.4 is 10.6 Å². The maximum Gasteiger partial charge on any atom is 0.136 e. The highest BCUT2D eigenvalue weighted by molar-refractivity contribution is 7.80. The SMILES string of the molecule is CCCc1cc(N(C)c2cccc(C(N)=S)c2)ncn1. The standard InChI is InChI=1S/C15H18N4S/c1-3-5-12-9-14(18-10-17-12)19(2)13-7-4-6-11(8-13)15(16)20/h4,6-10H,3,5H2,1-2H3,(H2,16,20). The summed E-state index contributed by atoms with van der Waals surface area (Å²) in [5, 5.41) is 0. The van der Waals surface area contributed by atoms with Crippen LogP contribution in [0.2, 0.25) is 0 Å². The van der Waals surface area contributed by atoms with Crippen LogP contribution in [-0.4, -0.2) is 22.0 Å². The van der Waals surface area contributed by atoms with Crippen LogP contribution >= 0.6 is 12.2 Å². The quantitative estimate of drug-likeness (QED) is 0.857. The van der Waals surface area contributed by atoms with Crippen LogP contribution in [0, 0.1) is 0 Å². The number of aromatic nitrogens is 2. The Morgan fingerprint density at radius 2 is 2.10 bits per heavy atom. The van der Waals surface area contributed by atoms with E-state index in [2.05, 4.69) is 16.9 Å². The van der Waals surface area contributed by atoms with E-state index in [9.17, 15) is 0 Å². The fourth-order valence-corrected chi connectivity index (χ4v) is 2.09. The molecular weight excluding hydrogens is 268 g/mol. The summed E-state index contributed by atoms with van der Waals surface area (Å²) in [5.41, 5.74) is 8.57. The zero-order valence-electron chi connectivity index (χ0n) is 11.7. The van der Waals surface area contributed by atoms with Crippen LogP contribution in [0.4, 0.5) is 11.5 Å². The Balaban J connectivity index is 2.30. The maximum absolute atomic E-state index is 5.67. The number of nitrogens with zero attached hydrogens (tertiary/aromatic N) is 3. The molecule has 2 rings (SSSR count). The first-order chi connectivity index (χ1) is 9.61. The van der Waals surface area contributed by atoms with E-state index in [1.165, 1.54) is 0 Å². The predicted molar refractivity (Wildman–Crippen MR) is 86.4 cm³/mol. The second-order valence-corrected chi connectivity index (χ2v) is 5.03. The van der Waals surface area contributed by atoms with Gasteiger partial charge in [0.2, 0.25) is 0 Å². The number of hydrogen-bond donors (Lipinski definition) is 1. The van der Waals surface area contributed by atoms with E-state index >= 15 is 0 Å². The molecule has 0 radical (unpaired) electrons. The number of thiocarbonyl (C=S) groups is 1. The predicted octanol–water partition coefficient (Wildman–Crippen LogP) is 2.83. The number of anilines is 2. The van der Waals surface area contributed by atoms with Gasteiger partial charge in [-0.25, -0.2) is 9.97 Å². The van der Waals surface area contributed by atoms with Gasteiger partial charge in [0.25, 0.3) is 0 Å². The second-order valence-electron chi connectivity index (χ2n) is 4.59. The van der Waals surface area contributed by atoms with Gasteiger partial charge < -0.3 is 10.6 Å². The zero-order chi connectivity index (χ0) is 14.5. The summed E-state index contributed by atoms with van der Waals surface area (Å²) in [4.78, 5) is 11.0. The molecule has 0 spiro atoms. The minimum Gasteiger partial charge on any atom is -0.389 e. The average Bonchev–Trinajstić information content (AvgIpc) is 2.47. The fraction of sp³-hybridized carbons (Fsp3) is 0.267. The van der Waals surface area contributed by atoms with Crippen molar-refractivity contribution in [3.8, 4) is 0 Å². The van der Waals surface area contributed by atoms with Crippen molar-refractivity contribution in [2.45, 2.75) is 19.8 Å². The summed E-state index contributed by atoms with van der Waals surface area (Å²) >= 11 is 5.01. The van der Waals surface area contributed by atoms with Crippen LogP contribution in [-0.2, 0) is 6.42 Å². The normalized spacial score (nSPS) is 10.3. The van der Waals surface area contributed by atoms with Crippen molar-refractivity contribution in [3.05, 3.63) is 47.9 Å². The lowest BCUT2D eigenvalue weighted by Gasteiger charge is -2.19. The fourth-order valence-electron chi connectivity index (χ4n) is 1.96. The second kappa shape index (κ2) is 6.43. The van der Waals surface area contributed by atoms with E-state index < -0.39 is 0 Å². The third-order valence-corrected chi connectivity index (χ3v) is 3.31. The monoisotopic (exact) mass is 286 g/mol. The molecule has 0 bridgehead atoms. The largest absolute Gasteiger partial charge is 0.389 e. The Morgan fingerprint density at radius 1 is 1.30 bits per heavy atom. The molecule has 1 aromatic heterocycles. The molecule has 4 nitrogen and oxygen atoms in total. The molecule has 0 saturated carbocycles. The van der Waals surface area contributed by atoms with E-state index in [0.717, 1.165) is 35.6 Å². The van der Waals surface area contributed by atoms with E-state index in [0.29, 0.717) is 4.99 Å². The summed E-state index contributed by atoms with van der Waals surface area (Å²) in [6, 6.07) is 9.82. The Hall–Kier alpha value is -2.01. The molecule has 0 fully saturated rings. The number of hydrogen-bond acceptors (Lipinski definition) is 4. The summed E-state index contributed by atoms with van der Waals surface area (Å²) < 4.78 is 0. The summed E-state index contributed by atoms with van der Waals surface area (Å²) in [5.74, 6) is 0.864. The molecule has 5 heteroatoms. The van der Waals surface area contributed by atoms with Crippen LogP contribution in [0.1, 0.15) is 24.6 Å². The molecule has 2 aromatic rings.